The highest BCUT2D eigenvalue weighted by molar-refractivity contribution is 7.26. The molecule has 5 heteroatoms. The van der Waals surface area contributed by atoms with Gasteiger partial charge in [0, 0.05) is 53.3 Å². The molecule has 0 radical (unpaired) electrons. The smallest absolute Gasteiger partial charge is 0.164 e. The Morgan fingerprint density at radius 1 is 0.306 bits per heavy atom. The van der Waals surface area contributed by atoms with Gasteiger partial charge < -0.3 is 4.57 Å². The maximum atomic E-state index is 5.31. The number of fused-ring (bicyclic) bond motifs is 7. The monoisotopic (exact) mass is 808 g/mol. The molecule has 0 saturated carbocycles. The van der Waals surface area contributed by atoms with Crippen molar-refractivity contribution in [3.8, 4) is 73.2 Å². The number of hydrogen-bond donors (Lipinski definition) is 0. The molecule has 4 nitrogen and oxygen atoms in total. The molecule has 290 valence electrons. The quantitative estimate of drug-likeness (QED) is 0.161. The minimum Gasteiger partial charge on any atom is -0.309 e. The number of hydrogen-bond acceptors (Lipinski definition) is 4. The van der Waals surface area contributed by atoms with Gasteiger partial charge in [-0.05, 0) is 75.8 Å². The zero-order valence-corrected chi connectivity index (χ0v) is 34.3. The van der Waals surface area contributed by atoms with E-state index in [1.807, 2.05) is 35.6 Å². The molecule has 0 fully saturated rings. The summed E-state index contributed by atoms with van der Waals surface area (Å²) in [5.41, 5.74) is 12.9. The van der Waals surface area contributed by atoms with Crippen LogP contribution in [0.1, 0.15) is 0 Å². The summed E-state index contributed by atoms with van der Waals surface area (Å²) >= 11 is 1.87. The summed E-state index contributed by atoms with van der Waals surface area (Å²) in [6, 6.07) is 77.4. The van der Waals surface area contributed by atoms with E-state index in [4.69, 9.17) is 15.0 Å². The van der Waals surface area contributed by atoms with E-state index in [0.717, 1.165) is 55.7 Å². The topological polar surface area (TPSA) is 43.6 Å². The SMILES string of the molecule is c1ccc(-c2ccc(-c3cc(-c4nc(-c5ccccc5)nc(-c5cccc(-c6ccccc6)c5)n4)cc(-n4c5ccccc5c5c6sc7ccccc7c6ccc54)c3)cc2)cc1. The molecule has 0 N–H and O–H groups in total. The van der Waals surface area contributed by atoms with Gasteiger partial charge in [-0.25, -0.2) is 15.0 Å². The predicted molar refractivity (Wildman–Crippen MR) is 260 cm³/mol. The minimum atomic E-state index is 0.607. The van der Waals surface area contributed by atoms with Gasteiger partial charge in [-0.15, -0.1) is 11.3 Å². The first-order valence-electron chi connectivity index (χ1n) is 20.8. The van der Waals surface area contributed by atoms with Crippen LogP contribution in [0.2, 0.25) is 0 Å². The van der Waals surface area contributed by atoms with Crippen LogP contribution in [0.25, 0.3) is 115 Å². The van der Waals surface area contributed by atoms with Crippen molar-refractivity contribution in [1.82, 2.24) is 19.5 Å². The van der Waals surface area contributed by atoms with Crippen LogP contribution in [0.4, 0.5) is 0 Å². The molecule has 0 saturated heterocycles. The molecule has 62 heavy (non-hydrogen) atoms. The largest absolute Gasteiger partial charge is 0.309 e. The normalized spacial score (nSPS) is 11.5. The van der Waals surface area contributed by atoms with Gasteiger partial charge in [0.15, 0.2) is 17.5 Å². The van der Waals surface area contributed by atoms with Gasteiger partial charge in [-0.1, -0.05) is 176 Å². The molecule has 0 aliphatic carbocycles. The van der Waals surface area contributed by atoms with Crippen molar-refractivity contribution in [2.24, 2.45) is 0 Å². The van der Waals surface area contributed by atoms with Crippen molar-refractivity contribution < 1.29 is 0 Å². The summed E-state index contributed by atoms with van der Waals surface area (Å²) in [6.45, 7) is 0. The molecule has 12 aromatic rings. The second-order valence-corrected chi connectivity index (χ2v) is 16.7. The summed E-state index contributed by atoms with van der Waals surface area (Å²) < 4.78 is 5.02. The standard InChI is InChI=1S/C57H36N4S/c1-4-15-37(16-5-1)39-27-29-40(30-28-39)44-34-45(57-59-55(41-19-8-3-9-20-41)58-56(60-57)43-22-14-21-42(33-43)38-17-6-2-7-18-38)36-46(35-44)61-50-25-12-10-24-49(50)53-51(61)32-31-48-47-23-11-13-26-52(47)62-54(48)53/h1-36H. The molecule has 0 amide bonds. The van der Waals surface area contributed by atoms with Gasteiger partial charge in [0.25, 0.3) is 0 Å². The molecular weight excluding hydrogens is 773 g/mol. The fourth-order valence-electron chi connectivity index (χ4n) is 8.85. The lowest BCUT2D eigenvalue weighted by Gasteiger charge is -2.15. The van der Waals surface area contributed by atoms with Crippen molar-refractivity contribution >= 4 is 53.3 Å². The average molecular weight is 809 g/mol. The Balaban J connectivity index is 1.10. The number of thiophene rings is 1. The lowest BCUT2D eigenvalue weighted by Crippen LogP contribution is -2.02. The van der Waals surface area contributed by atoms with E-state index in [0.29, 0.717) is 17.5 Å². The summed E-state index contributed by atoms with van der Waals surface area (Å²) in [5.74, 6) is 1.85. The Labute approximate surface area is 362 Å². The van der Waals surface area contributed by atoms with Crippen molar-refractivity contribution in [3.63, 3.8) is 0 Å². The third kappa shape index (κ3) is 6.26. The van der Waals surface area contributed by atoms with Gasteiger partial charge >= 0.3 is 0 Å². The third-order valence-corrected chi connectivity index (χ3v) is 13.0. The fraction of sp³-hybridized carbons (Fsp3) is 0. The summed E-state index contributed by atoms with van der Waals surface area (Å²) in [4.78, 5) is 15.7. The fourth-order valence-corrected chi connectivity index (χ4v) is 10.1. The second kappa shape index (κ2) is 14.9. The van der Waals surface area contributed by atoms with Gasteiger partial charge in [0.2, 0.25) is 0 Å². The maximum Gasteiger partial charge on any atom is 0.164 e. The van der Waals surface area contributed by atoms with Crippen LogP contribution >= 0.6 is 11.3 Å². The van der Waals surface area contributed by atoms with E-state index in [9.17, 15) is 0 Å². The molecule has 0 atom stereocenters. The van der Waals surface area contributed by atoms with Crippen LogP contribution in [-0.4, -0.2) is 19.5 Å². The summed E-state index contributed by atoms with van der Waals surface area (Å²) in [7, 11) is 0. The Hall–Kier alpha value is -7.99. The predicted octanol–water partition coefficient (Wildman–Crippen LogP) is 15.3. The first-order chi connectivity index (χ1) is 30.7. The molecule has 0 spiro atoms. The Bertz CT molecular complexity index is 3610. The molecule has 0 aliphatic rings. The first kappa shape index (κ1) is 35.9. The van der Waals surface area contributed by atoms with Gasteiger partial charge in [-0.3, -0.25) is 0 Å². The van der Waals surface area contributed by atoms with E-state index in [1.54, 1.807) is 0 Å². The van der Waals surface area contributed by atoms with E-state index < -0.39 is 0 Å². The van der Waals surface area contributed by atoms with E-state index in [1.165, 1.54) is 42.1 Å². The lowest BCUT2D eigenvalue weighted by molar-refractivity contribution is 1.07. The summed E-state index contributed by atoms with van der Waals surface area (Å²) in [6.07, 6.45) is 0. The number of aromatic nitrogens is 4. The number of para-hydroxylation sites is 1. The Morgan fingerprint density at radius 2 is 0.806 bits per heavy atom. The highest BCUT2D eigenvalue weighted by Crippen LogP contribution is 2.44. The number of nitrogens with zero attached hydrogens (tertiary/aromatic N) is 4. The van der Waals surface area contributed by atoms with E-state index in [-0.39, 0.29) is 0 Å². The van der Waals surface area contributed by atoms with Crippen LogP contribution in [0, 0.1) is 0 Å². The third-order valence-electron chi connectivity index (χ3n) is 11.8. The van der Waals surface area contributed by atoms with Gasteiger partial charge in [0.1, 0.15) is 0 Å². The van der Waals surface area contributed by atoms with Crippen LogP contribution in [0.3, 0.4) is 0 Å². The van der Waals surface area contributed by atoms with Crippen LogP contribution in [0.5, 0.6) is 0 Å². The molecular formula is C57H36N4S. The molecule has 12 rings (SSSR count). The molecule has 3 heterocycles. The number of benzene rings is 9. The highest BCUT2D eigenvalue weighted by atomic mass is 32.1. The van der Waals surface area contributed by atoms with Crippen LogP contribution < -0.4 is 0 Å². The zero-order chi connectivity index (χ0) is 41.0. The first-order valence-corrected chi connectivity index (χ1v) is 21.7. The molecule has 0 bridgehead atoms. The summed E-state index contributed by atoms with van der Waals surface area (Å²) in [5, 5.41) is 5.08. The lowest BCUT2D eigenvalue weighted by atomic mass is 9.98. The van der Waals surface area contributed by atoms with E-state index in [2.05, 4.69) is 199 Å². The van der Waals surface area contributed by atoms with Crippen LogP contribution in [-0.2, 0) is 0 Å². The molecule has 9 aromatic carbocycles. The Morgan fingerprint density at radius 3 is 1.53 bits per heavy atom. The van der Waals surface area contributed by atoms with Crippen molar-refractivity contribution in [1.29, 1.82) is 0 Å². The average Bonchev–Trinajstić information content (AvgIpc) is 3.91. The van der Waals surface area contributed by atoms with Gasteiger partial charge in [-0.2, -0.15) is 0 Å². The molecule has 0 unspecified atom stereocenters. The van der Waals surface area contributed by atoms with E-state index >= 15 is 0 Å². The van der Waals surface area contributed by atoms with Crippen molar-refractivity contribution in [3.05, 3.63) is 218 Å². The van der Waals surface area contributed by atoms with Crippen LogP contribution in [0.15, 0.2) is 218 Å². The van der Waals surface area contributed by atoms with Gasteiger partial charge in [0.05, 0.1) is 11.0 Å². The Kier molecular flexibility index (Phi) is 8.65. The second-order valence-electron chi connectivity index (χ2n) is 15.6. The highest BCUT2D eigenvalue weighted by Gasteiger charge is 2.20. The molecule has 3 aromatic heterocycles. The maximum absolute atomic E-state index is 5.31. The molecule has 0 aliphatic heterocycles. The minimum absolute atomic E-state index is 0.607. The number of rotatable bonds is 7. The van der Waals surface area contributed by atoms with Crippen molar-refractivity contribution in [2.45, 2.75) is 0 Å². The zero-order valence-electron chi connectivity index (χ0n) is 33.5. The van der Waals surface area contributed by atoms with Crippen molar-refractivity contribution in [2.75, 3.05) is 0 Å².